The number of halogens is 1. The Labute approximate surface area is 158 Å². The molecule has 138 valence electrons. The Morgan fingerprint density at radius 1 is 1.08 bits per heavy atom. The number of rotatable bonds is 4. The summed E-state index contributed by atoms with van der Waals surface area (Å²) >= 11 is 6.14. The molecule has 0 aromatic heterocycles. The molecule has 0 amide bonds. The SMILES string of the molecule is Cc1cccc(C)c1OC(=O)c1cc(S(=O)(=O)N2CCCC2)ccc1Cl. The molecule has 2 aromatic rings. The summed E-state index contributed by atoms with van der Waals surface area (Å²) in [4.78, 5) is 12.7. The van der Waals surface area contributed by atoms with E-state index in [1.165, 1.54) is 22.5 Å². The van der Waals surface area contributed by atoms with E-state index < -0.39 is 16.0 Å². The van der Waals surface area contributed by atoms with E-state index in [1.807, 2.05) is 32.0 Å². The van der Waals surface area contributed by atoms with Crippen LogP contribution in [0.1, 0.15) is 34.3 Å². The van der Waals surface area contributed by atoms with Crippen molar-refractivity contribution in [2.45, 2.75) is 31.6 Å². The third kappa shape index (κ3) is 3.63. The van der Waals surface area contributed by atoms with E-state index in [1.54, 1.807) is 0 Å². The Kier molecular flexibility index (Phi) is 5.37. The number of ether oxygens (including phenoxy) is 1. The van der Waals surface area contributed by atoms with Gasteiger partial charge in [-0.3, -0.25) is 0 Å². The molecule has 0 bridgehead atoms. The number of sulfonamides is 1. The van der Waals surface area contributed by atoms with E-state index in [0.717, 1.165) is 24.0 Å². The first-order valence-corrected chi connectivity index (χ1v) is 10.2. The molecule has 0 saturated carbocycles. The lowest BCUT2D eigenvalue weighted by Gasteiger charge is -2.16. The van der Waals surface area contributed by atoms with Gasteiger partial charge in [0.1, 0.15) is 5.75 Å². The van der Waals surface area contributed by atoms with E-state index in [2.05, 4.69) is 0 Å². The third-order valence-electron chi connectivity index (χ3n) is 4.46. The number of carbonyl (C=O) groups excluding carboxylic acids is 1. The molecule has 26 heavy (non-hydrogen) atoms. The molecule has 5 nitrogen and oxygen atoms in total. The van der Waals surface area contributed by atoms with Gasteiger partial charge in [-0.1, -0.05) is 29.8 Å². The molecule has 0 radical (unpaired) electrons. The second kappa shape index (κ2) is 7.39. The summed E-state index contributed by atoms with van der Waals surface area (Å²) < 4.78 is 32.4. The molecular formula is C19H20ClNO4S. The number of esters is 1. The lowest BCUT2D eigenvalue weighted by atomic mass is 10.1. The quantitative estimate of drug-likeness (QED) is 0.582. The normalized spacial score (nSPS) is 15.2. The fraction of sp³-hybridized carbons (Fsp3) is 0.316. The molecule has 0 spiro atoms. The number of nitrogens with zero attached hydrogens (tertiary/aromatic N) is 1. The third-order valence-corrected chi connectivity index (χ3v) is 6.69. The largest absolute Gasteiger partial charge is 0.422 e. The summed E-state index contributed by atoms with van der Waals surface area (Å²) in [5.41, 5.74) is 1.67. The van der Waals surface area contributed by atoms with Crippen molar-refractivity contribution in [1.29, 1.82) is 0 Å². The number of hydrogen-bond donors (Lipinski definition) is 0. The Balaban J connectivity index is 1.94. The van der Waals surface area contributed by atoms with Crippen molar-refractivity contribution in [3.8, 4) is 5.75 Å². The molecule has 2 aromatic carbocycles. The second-order valence-electron chi connectivity index (χ2n) is 6.36. The highest BCUT2D eigenvalue weighted by molar-refractivity contribution is 7.89. The zero-order chi connectivity index (χ0) is 18.9. The van der Waals surface area contributed by atoms with Crippen LogP contribution in [0, 0.1) is 13.8 Å². The first kappa shape index (κ1) is 18.9. The number of hydrogen-bond acceptors (Lipinski definition) is 4. The second-order valence-corrected chi connectivity index (χ2v) is 8.71. The molecule has 1 saturated heterocycles. The van der Waals surface area contributed by atoms with Crippen molar-refractivity contribution in [3.05, 3.63) is 58.1 Å². The molecular weight excluding hydrogens is 374 g/mol. The van der Waals surface area contributed by atoms with Gasteiger partial charge in [0, 0.05) is 13.1 Å². The van der Waals surface area contributed by atoms with Crippen molar-refractivity contribution < 1.29 is 17.9 Å². The Morgan fingerprint density at radius 2 is 1.69 bits per heavy atom. The summed E-state index contributed by atoms with van der Waals surface area (Å²) in [5.74, 6) is -0.216. The van der Waals surface area contributed by atoms with Crippen LogP contribution >= 0.6 is 11.6 Å². The highest BCUT2D eigenvalue weighted by Crippen LogP contribution is 2.28. The summed E-state index contributed by atoms with van der Waals surface area (Å²) in [7, 11) is -3.63. The topological polar surface area (TPSA) is 63.7 Å². The molecule has 7 heteroatoms. The van der Waals surface area contributed by atoms with Crippen LogP contribution < -0.4 is 4.74 Å². The zero-order valence-corrected chi connectivity index (χ0v) is 16.2. The van der Waals surface area contributed by atoms with Crippen LogP contribution in [0.4, 0.5) is 0 Å². The zero-order valence-electron chi connectivity index (χ0n) is 14.7. The minimum Gasteiger partial charge on any atom is -0.422 e. The predicted octanol–water partition coefficient (Wildman–Crippen LogP) is 3.96. The standard InChI is InChI=1S/C19H20ClNO4S/c1-13-6-5-7-14(2)18(13)25-19(22)16-12-15(8-9-17(16)20)26(23,24)21-10-3-4-11-21/h5-9,12H,3-4,10-11H2,1-2H3. The molecule has 3 rings (SSSR count). The average Bonchev–Trinajstić information content (AvgIpc) is 3.14. The Morgan fingerprint density at radius 3 is 2.31 bits per heavy atom. The van der Waals surface area contributed by atoms with Gasteiger partial charge in [-0.05, 0) is 56.0 Å². The molecule has 0 unspecified atom stereocenters. The molecule has 1 aliphatic heterocycles. The number of aryl methyl sites for hydroxylation is 2. The van der Waals surface area contributed by atoms with Crippen LogP contribution in [-0.4, -0.2) is 31.8 Å². The van der Waals surface area contributed by atoms with E-state index in [-0.39, 0.29) is 15.5 Å². The predicted molar refractivity (Wildman–Crippen MR) is 100 cm³/mol. The smallest absolute Gasteiger partial charge is 0.345 e. The lowest BCUT2D eigenvalue weighted by Crippen LogP contribution is -2.28. The fourth-order valence-electron chi connectivity index (χ4n) is 3.01. The van der Waals surface area contributed by atoms with Crippen molar-refractivity contribution >= 4 is 27.6 Å². The highest BCUT2D eigenvalue weighted by atomic mass is 35.5. The first-order chi connectivity index (χ1) is 12.3. The van der Waals surface area contributed by atoms with Gasteiger partial charge in [-0.2, -0.15) is 4.31 Å². The van der Waals surface area contributed by atoms with Gasteiger partial charge in [0.2, 0.25) is 10.0 Å². The lowest BCUT2D eigenvalue weighted by molar-refractivity contribution is 0.0732. The first-order valence-electron chi connectivity index (χ1n) is 8.39. The maximum Gasteiger partial charge on any atom is 0.345 e. The van der Waals surface area contributed by atoms with Gasteiger partial charge < -0.3 is 4.74 Å². The molecule has 0 aliphatic carbocycles. The van der Waals surface area contributed by atoms with Gasteiger partial charge in [0.15, 0.2) is 0 Å². The van der Waals surface area contributed by atoms with Crippen LogP contribution in [-0.2, 0) is 10.0 Å². The van der Waals surface area contributed by atoms with Crippen LogP contribution in [0.25, 0.3) is 0 Å². The minimum absolute atomic E-state index is 0.0367. The Hall–Kier alpha value is -1.89. The van der Waals surface area contributed by atoms with Crippen molar-refractivity contribution in [1.82, 2.24) is 4.31 Å². The van der Waals surface area contributed by atoms with Crippen LogP contribution in [0.5, 0.6) is 5.75 Å². The summed E-state index contributed by atoms with van der Waals surface area (Å²) in [6.45, 7) is 4.66. The highest BCUT2D eigenvalue weighted by Gasteiger charge is 2.28. The van der Waals surface area contributed by atoms with Crippen molar-refractivity contribution in [3.63, 3.8) is 0 Å². The molecule has 1 heterocycles. The van der Waals surface area contributed by atoms with Gasteiger partial charge in [0.05, 0.1) is 15.5 Å². The van der Waals surface area contributed by atoms with E-state index in [0.29, 0.717) is 18.8 Å². The number of benzene rings is 2. The van der Waals surface area contributed by atoms with E-state index in [9.17, 15) is 13.2 Å². The van der Waals surface area contributed by atoms with Gasteiger partial charge in [-0.15, -0.1) is 0 Å². The summed E-state index contributed by atoms with van der Waals surface area (Å²) in [5, 5.41) is 0.154. The van der Waals surface area contributed by atoms with Gasteiger partial charge >= 0.3 is 5.97 Å². The monoisotopic (exact) mass is 393 g/mol. The summed E-state index contributed by atoms with van der Waals surface area (Å²) in [6.07, 6.45) is 1.68. The molecule has 0 N–H and O–H groups in total. The summed E-state index contributed by atoms with van der Waals surface area (Å²) in [6, 6.07) is 9.69. The maximum absolute atomic E-state index is 12.7. The van der Waals surface area contributed by atoms with Crippen molar-refractivity contribution in [2.75, 3.05) is 13.1 Å². The van der Waals surface area contributed by atoms with E-state index in [4.69, 9.17) is 16.3 Å². The molecule has 1 fully saturated rings. The van der Waals surface area contributed by atoms with Gasteiger partial charge in [0.25, 0.3) is 0 Å². The van der Waals surface area contributed by atoms with Crippen LogP contribution in [0.3, 0.4) is 0 Å². The molecule has 1 aliphatic rings. The number of para-hydroxylation sites is 1. The average molecular weight is 394 g/mol. The number of carbonyl (C=O) groups is 1. The maximum atomic E-state index is 12.7. The van der Waals surface area contributed by atoms with Crippen molar-refractivity contribution in [2.24, 2.45) is 0 Å². The molecule has 0 atom stereocenters. The minimum atomic E-state index is -3.63. The van der Waals surface area contributed by atoms with Gasteiger partial charge in [-0.25, -0.2) is 13.2 Å². The van der Waals surface area contributed by atoms with Crippen LogP contribution in [0.2, 0.25) is 5.02 Å². The van der Waals surface area contributed by atoms with Crippen LogP contribution in [0.15, 0.2) is 41.3 Å². The fourth-order valence-corrected chi connectivity index (χ4v) is 4.75. The Bertz CT molecular complexity index is 930. The van der Waals surface area contributed by atoms with E-state index >= 15 is 0 Å².